The second-order valence-corrected chi connectivity index (χ2v) is 8.70. The van der Waals surface area contributed by atoms with Crippen molar-refractivity contribution in [1.82, 2.24) is 4.98 Å². The van der Waals surface area contributed by atoms with Crippen molar-refractivity contribution in [3.63, 3.8) is 0 Å². The van der Waals surface area contributed by atoms with Crippen molar-refractivity contribution in [2.75, 3.05) is 5.32 Å². The highest BCUT2D eigenvalue weighted by atomic mass is 19.4. The minimum atomic E-state index is -4.54. The number of hydrogen-bond donors (Lipinski definition) is 2. The van der Waals surface area contributed by atoms with Gasteiger partial charge in [-0.05, 0) is 52.9 Å². The predicted octanol–water partition coefficient (Wildman–Crippen LogP) is 7.97. The molecule has 0 aliphatic carbocycles. The number of benzene rings is 4. The molecule has 0 aliphatic heterocycles. The third-order valence-corrected chi connectivity index (χ3v) is 6.22. The minimum Gasteiger partial charge on any atom is -0.505 e. The van der Waals surface area contributed by atoms with Crippen LogP contribution in [0.3, 0.4) is 0 Å². The van der Waals surface area contributed by atoms with Crippen LogP contribution in [0.2, 0.25) is 0 Å². The standard InChI is InChI=1S/C30H22F4N2O/c31-26-14-5-10-21(29(26)37)17-35-23-11-4-9-20(16-23)27-22(15-19-7-2-1-3-8-19)18-36-28-24(27)12-6-13-25(28)30(32,33)34/h1-14,16,18,35,37H,15,17H2. The molecule has 0 aliphatic rings. The van der Waals surface area contributed by atoms with Gasteiger partial charge in [0.2, 0.25) is 0 Å². The molecule has 3 nitrogen and oxygen atoms in total. The molecule has 0 atom stereocenters. The summed E-state index contributed by atoms with van der Waals surface area (Å²) < 4.78 is 55.1. The zero-order chi connectivity index (χ0) is 26.0. The number of aromatic nitrogens is 1. The molecule has 0 fully saturated rings. The Morgan fingerprint density at radius 2 is 1.57 bits per heavy atom. The Morgan fingerprint density at radius 3 is 2.35 bits per heavy atom. The molecule has 4 aromatic carbocycles. The van der Waals surface area contributed by atoms with E-state index in [-0.39, 0.29) is 12.1 Å². The number of nitrogens with one attached hydrogen (secondary N) is 1. The summed E-state index contributed by atoms with van der Waals surface area (Å²) in [6.45, 7) is 0.166. The lowest BCUT2D eigenvalue weighted by Gasteiger charge is -2.17. The number of halogens is 4. The summed E-state index contributed by atoms with van der Waals surface area (Å²) in [6, 6.07) is 25.3. The van der Waals surface area contributed by atoms with E-state index in [1.165, 1.54) is 24.4 Å². The number of alkyl halides is 3. The van der Waals surface area contributed by atoms with Gasteiger partial charge in [-0.3, -0.25) is 4.98 Å². The largest absolute Gasteiger partial charge is 0.505 e. The number of aromatic hydroxyl groups is 1. The first-order chi connectivity index (χ1) is 17.8. The molecule has 5 aromatic rings. The molecule has 186 valence electrons. The van der Waals surface area contributed by atoms with E-state index in [0.29, 0.717) is 34.2 Å². The van der Waals surface area contributed by atoms with Gasteiger partial charge in [0.1, 0.15) is 0 Å². The molecule has 0 saturated carbocycles. The maximum Gasteiger partial charge on any atom is 0.418 e. The molecule has 0 bridgehead atoms. The van der Waals surface area contributed by atoms with Gasteiger partial charge < -0.3 is 10.4 Å². The molecular formula is C30H22F4N2O. The van der Waals surface area contributed by atoms with Crippen LogP contribution < -0.4 is 5.32 Å². The summed E-state index contributed by atoms with van der Waals surface area (Å²) in [5, 5.41) is 13.6. The van der Waals surface area contributed by atoms with Gasteiger partial charge in [-0.1, -0.05) is 66.7 Å². The third-order valence-electron chi connectivity index (χ3n) is 6.22. The fourth-order valence-corrected chi connectivity index (χ4v) is 4.47. The normalized spacial score (nSPS) is 11.6. The Bertz CT molecular complexity index is 1570. The molecule has 0 spiro atoms. The van der Waals surface area contributed by atoms with Crippen LogP contribution >= 0.6 is 0 Å². The summed E-state index contributed by atoms with van der Waals surface area (Å²) in [7, 11) is 0. The van der Waals surface area contributed by atoms with E-state index in [9.17, 15) is 22.7 Å². The molecule has 7 heteroatoms. The van der Waals surface area contributed by atoms with E-state index in [4.69, 9.17) is 0 Å². The van der Waals surface area contributed by atoms with E-state index in [1.807, 2.05) is 42.5 Å². The van der Waals surface area contributed by atoms with Crippen molar-refractivity contribution in [2.45, 2.75) is 19.1 Å². The Balaban J connectivity index is 1.60. The molecule has 0 radical (unpaired) electrons. The summed E-state index contributed by atoms with van der Waals surface area (Å²) in [5.41, 5.74) is 3.34. The summed E-state index contributed by atoms with van der Waals surface area (Å²) >= 11 is 0. The van der Waals surface area contributed by atoms with Gasteiger partial charge in [-0.15, -0.1) is 0 Å². The maximum atomic E-state index is 13.8. The number of para-hydroxylation sites is 2. The lowest BCUT2D eigenvalue weighted by atomic mass is 9.91. The SMILES string of the molecule is Oc1c(F)cccc1CNc1cccc(-c2c(Cc3ccccc3)cnc3c(C(F)(F)F)cccc23)c1. The van der Waals surface area contributed by atoms with Crippen LogP contribution in [0.5, 0.6) is 5.75 Å². The summed E-state index contributed by atoms with van der Waals surface area (Å²) in [4.78, 5) is 4.25. The number of anilines is 1. The highest BCUT2D eigenvalue weighted by molar-refractivity contribution is 5.98. The number of fused-ring (bicyclic) bond motifs is 1. The second-order valence-electron chi connectivity index (χ2n) is 8.70. The molecule has 37 heavy (non-hydrogen) atoms. The van der Waals surface area contributed by atoms with E-state index >= 15 is 0 Å². The van der Waals surface area contributed by atoms with Gasteiger partial charge >= 0.3 is 6.18 Å². The van der Waals surface area contributed by atoms with Crippen LogP contribution in [-0.4, -0.2) is 10.1 Å². The van der Waals surface area contributed by atoms with Crippen LogP contribution in [0.25, 0.3) is 22.0 Å². The molecule has 0 amide bonds. The van der Waals surface area contributed by atoms with E-state index in [1.54, 1.807) is 24.3 Å². The number of nitrogens with zero attached hydrogens (tertiary/aromatic N) is 1. The van der Waals surface area contributed by atoms with E-state index in [2.05, 4.69) is 10.3 Å². The van der Waals surface area contributed by atoms with Crippen LogP contribution in [0.4, 0.5) is 23.2 Å². The lowest BCUT2D eigenvalue weighted by Crippen LogP contribution is -2.07. The fraction of sp³-hybridized carbons (Fsp3) is 0.100. The monoisotopic (exact) mass is 502 g/mol. The van der Waals surface area contributed by atoms with Crippen LogP contribution in [0.15, 0.2) is 97.2 Å². The van der Waals surface area contributed by atoms with Crippen molar-refractivity contribution >= 4 is 16.6 Å². The second kappa shape index (κ2) is 9.93. The first-order valence-corrected chi connectivity index (χ1v) is 11.6. The Hall–Kier alpha value is -4.39. The van der Waals surface area contributed by atoms with Crippen LogP contribution in [0, 0.1) is 5.82 Å². The van der Waals surface area contributed by atoms with Crippen molar-refractivity contribution in [1.29, 1.82) is 0 Å². The van der Waals surface area contributed by atoms with Gasteiger partial charge in [-0.25, -0.2) is 4.39 Å². The highest BCUT2D eigenvalue weighted by Gasteiger charge is 2.33. The van der Waals surface area contributed by atoms with Gasteiger partial charge in [0.05, 0.1) is 11.1 Å². The molecule has 0 unspecified atom stereocenters. The van der Waals surface area contributed by atoms with Crippen LogP contribution in [0.1, 0.15) is 22.3 Å². The zero-order valence-electron chi connectivity index (χ0n) is 19.6. The van der Waals surface area contributed by atoms with Gasteiger partial charge in [0.15, 0.2) is 11.6 Å². The quantitative estimate of drug-likeness (QED) is 0.232. The number of phenolic OH excluding ortho intramolecular Hbond substituents is 1. The molecule has 1 aromatic heterocycles. The van der Waals surface area contributed by atoms with E-state index in [0.717, 1.165) is 17.2 Å². The van der Waals surface area contributed by atoms with Crippen molar-refractivity contribution < 1.29 is 22.7 Å². The average Bonchev–Trinajstić information content (AvgIpc) is 2.89. The summed E-state index contributed by atoms with van der Waals surface area (Å²) in [5.74, 6) is -1.13. The number of rotatable bonds is 6. The number of hydrogen-bond acceptors (Lipinski definition) is 3. The van der Waals surface area contributed by atoms with Crippen molar-refractivity contribution in [3.05, 3.63) is 125 Å². The molecule has 2 N–H and O–H groups in total. The van der Waals surface area contributed by atoms with Crippen molar-refractivity contribution in [2.24, 2.45) is 0 Å². The first kappa shape index (κ1) is 24.3. The molecule has 1 heterocycles. The fourth-order valence-electron chi connectivity index (χ4n) is 4.47. The van der Waals surface area contributed by atoms with E-state index < -0.39 is 23.3 Å². The van der Waals surface area contributed by atoms with Gasteiger partial charge in [0.25, 0.3) is 0 Å². The lowest BCUT2D eigenvalue weighted by molar-refractivity contribution is -0.136. The predicted molar refractivity (Wildman–Crippen MR) is 137 cm³/mol. The zero-order valence-corrected chi connectivity index (χ0v) is 19.6. The third kappa shape index (κ3) is 5.11. The molecule has 5 rings (SSSR count). The Morgan fingerprint density at radius 1 is 0.811 bits per heavy atom. The Labute approximate surface area is 211 Å². The minimum absolute atomic E-state index is 0.107. The first-order valence-electron chi connectivity index (χ1n) is 11.6. The van der Waals surface area contributed by atoms with Crippen molar-refractivity contribution in [3.8, 4) is 16.9 Å². The molecule has 0 saturated heterocycles. The van der Waals surface area contributed by atoms with Crippen LogP contribution in [-0.2, 0) is 19.1 Å². The Kier molecular flexibility index (Phi) is 6.53. The maximum absolute atomic E-state index is 13.8. The summed E-state index contributed by atoms with van der Waals surface area (Å²) in [6.07, 6.45) is -2.53. The topological polar surface area (TPSA) is 45.1 Å². The average molecular weight is 503 g/mol. The number of phenols is 1. The van der Waals surface area contributed by atoms with Gasteiger partial charge in [0, 0.05) is 29.4 Å². The highest BCUT2D eigenvalue weighted by Crippen LogP contribution is 2.39. The molecular weight excluding hydrogens is 480 g/mol. The number of pyridine rings is 1. The smallest absolute Gasteiger partial charge is 0.418 e. The van der Waals surface area contributed by atoms with Gasteiger partial charge in [-0.2, -0.15) is 13.2 Å².